The molecule has 0 spiro atoms. The van der Waals surface area contributed by atoms with Gasteiger partial charge in [0.05, 0.1) is 6.26 Å². The van der Waals surface area contributed by atoms with Crippen LogP contribution in [0.4, 0.5) is 0 Å². The SMILES string of the molecule is CS(=O)(=O)N=C(NC(=O)c1ccccc1)N1CCCC1. The largest absolute Gasteiger partial charge is 0.342 e. The molecule has 1 aliphatic rings. The molecule has 1 amide bonds. The molecule has 1 aromatic carbocycles. The van der Waals surface area contributed by atoms with Gasteiger partial charge < -0.3 is 4.90 Å². The van der Waals surface area contributed by atoms with Crippen molar-refractivity contribution in [3.63, 3.8) is 0 Å². The highest BCUT2D eigenvalue weighted by molar-refractivity contribution is 7.89. The Morgan fingerprint density at radius 3 is 2.35 bits per heavy atom. The average Bonchev–Trinajstić information content (AvgIpc) is 2.91. The second kappa shape index (κ2) is 6.04. The lowest BCUT2D eigenvalue weighted by Crippen LogP contribution is -2.43. The Labute approximate surface area is 118 Å². The van der Waals surface area contributed by atoms with Gasteiger partial charge in [0, 0.05) is 18.7 Å². The minimum absolute atomic E-state index is 0.110. The van der Waals surface area contributed by atoms with Crippen molar-refractivity contribution in [2.24, 2.45) is 4.40 Å². The maximum absolute atomic E-state index is 12.1. The summed E-state index contributed by atoms with van der Waals surface area (Å²) in [6.45, 7) is 1.40. The minimum atomic E-state index is -3.56. The molecule has 0 atom stereocenters. The van der Waals surface area contributed by atoms with Gasteiger partial charge in [-0.15, -0.1) is 4.40 Å². The van der Waals surface area contributed by atoms with E-state index in [9.17, 15) is 13.2 Å². The predicted molar refractivity (Wildman–Crippen MR) is 77.0 cm³/mol. The van der Waals surface area contributed by atoms with Crippen LogP contribution in [-0.2, 0) is 10.0 Å². The standard InChI is InChI=1S/C13H17N3O3S/c1-20(18,19)15-13(16-9-5-6-10-16)14-12(17)11-7-3-2-4-8-11/h2-4,7-8H,5-6,9-10H2,1H3,(H,14,15,17). The highest BCUT2D eigenvalue weighted by Crippen LogP contribution is 2.09. The lowest BCUT2D eigenvalue weighted by Gasteiger charge is -2.19. The van der Waals surface area contributed by atoms with E-state index in [-0.39, 0.29) is 11.9 Å². The molecule has 1 N–H and O–H groups in total. The number of carbonyl (C=O) groups is 1. The van der Waals surface area contributed by atoms with Gasteiger partial charge in [0.15, 0.2) is 0 Å². The molecule has 108 valence electrons. The van der Waals surface area contributed by atoms with Crippen LogP contribution in [0, 0.1) is 0 Å². The van der Waals surface area contributed by atoms with E-state index in [1.54, 1.807) is 29.2 Å². The second-order valence-corrected chi connectivity index (χ2v) is 6.31. The number of hydrogen-bond donors (Lipinski definition) is 1. The number of hydrogen-bond acceptors (Lipinski definition) is 3. The quantitative estimate of drug-likeness (QED) is 0.647. The van der Waals surface area contributed by atoms with Crippen molar-refractivity contribution < 1.29 is 13.2 Å². The normalized spacial score (nSPS) is 16.2. The molecule has 0 aliphatic carbocycles. The summed E-state index contributed by atoms with van der Waals surface area (Å²) in [4.78, 5) is 13.9. The van der Waals surface area contributed by atoms with Crippen LogP contribution in [0.3, 0.4) is 0 Å². The summed E-state index contributed by atoms with van der Waals surface area (Å²) in [6, 6.07) is 8.63. The molecule has 1 aliphatic heterocycles. The number of likely N-dealkylation sites (tertiary alicyclic amines) is 1. The molecule has 0 radical (unpaired) electrons. The van der Waals surface area contributed by atoms with Crippen LogP contribution in [0.2, 0.25) is 0 Å². The number of sulfonamides is 1. The first kappa shape index (κ1) is 14.5. The third-order valence-corrected chi connectivity index (χ3v) is 3.42. The monoisotopic (exact) mass is 295 g/mol. The van der Waals surface area contributed by atoms with Gasteiger partial charge in [-0.1, -0.05) is 18.2 Å². The third-order valence-electron chi connectivity index (χ3n) is 2.92. The number of guanidine groups is 1. The summed E-state index contributed by atoms with van der Waals surface area (Å²) < 4.78 is 26.3. The number of rotatable bonds is 2. The Hall–Kier alpha value is -1.89. The molecule has 0 saturated carbocycles. The predicted octanol–water partition coefficient (Wildman–Crippen LogP) is 0.828. The molecule has 1 saturated heterocycles. The van der Waals surface area contributed by atoms with Gasteiger partial charge in [-0.2, -0.15) is 0 Å². The first-order chi connectivity index (χ1) is 9.46. The molecule has 1 heterocycles. The summed E-state index contributed by atoms with van der Waals surface area (Å²) in [5.74, 6) is -0.251. The molecule has 1 fully saturated rings. The fourth-order valence-electron chi connectivity index (χ4n) is 2.01. The van der Waals surface area contributed by atoms with Crippen LogP contribution in [0.25, 0.3) is 0 Å². The Bertz CT molecular complexity index is 605. The summed E-state index contributed by atoms with van der Waals surface area (Å²) in [5.41, 5.74) is 0.466. The summed E-state index contributed by atoms with van der Waals surface area (Å²) in [5, 5.41) is 2.59. The second-order valence-electron chi connectivity index (χ2n) is 4.66. The molecular weight excluding hydrogens is 278 g/mol. The maximum Gasteiger partial charge on any atom is 0.257 e. The van der Waals surface area contributed by atoms with Gasteiger partial charge in [-0.3, -0.25) is 10.1 Å². The zero-order valence-electron chi connectivity index (χ0n) is 11.2. The molecule has 20 heavy (non-hydrogen) atoms. The van der Waals surface area contributed by atoms with Crippen LogP contribution < -0.4 is 5.32 Å². The van der Waals surface area contributed by atoms with E-state index in [1.807, 2.05) is 6.07 Å². The molecule has 7 heteroatoms. The Morgan fingerprint density at radius 2 is 1.80 bits per heavy atom. The van der Waals surface area contributed by atoms with Crippen molar-refractivity contribution >= 4 is 21.9 Å². The summed E-state index contributed by atoms with van der Waals surface area (Å²) >= 11 is 0. The van der Waals surface area contributed by atoms with Crippen molar-refractivity contribution in [1.29, 1.82) is 0 Å². The first-order valence-electron chi connectivity index (χ1n) is 6.37. The van der Waals surface area contributed by atoms with Crippen LogP contribution in [0.5, 0.6) is 0 Å². The fraction of sp³-hybridized carbons (Fsp3) is 0.385. The number of nitrogens with zero attached hydrogens (tertiary/aromatic N) is 2. The molecule has 2 rings (SSSR count). The van der Waals surface area contributed by atoms with Gasteiger partial charge in [0.1, 0.15) is 0 Å². The maximum atomic E-state index is 12.1. The topological polar surface area (TPSA) is 78.8 Å². The molecule has 0 aromatic heterocycles. The lowest BCUT2D eigenvalue weighted by molar-refractivity contribution is 0.0973. The number of nitrogens with one attached hydrogen (secondary N) is 1. The van der Waals surface area contributed by atoms with Crippen molar-refractivity contribution in [3.05, 3.63) is 35.9 Å². The average molecular weight is 295 g/mol. The van der Waals surface area contributed by atoms with Gasteiger partial charge in [0.2, 0.25) is 5.96 Å². The van der Waals surface area contributed by atoms with Crippen LogP contribution in [0.15, 0.2) is 34.7 Å². The van der Waals surface area contributed by atoms with E-state index in [1.165, 1.54) is 0 Å². The molecular formula is C13H17N3O3S. The Kier molecular flexibility index (Phi) is 4.39. The van der Waals surface area contributed by atoms with E-state index < -0.39 is 10.0 Å². The Morgan fingerprint density at radius 1 is 1.20 bits per heavy atom. The molecule has 1 aromatic rings. The molecule has 0 bridgehead atoms. The molecule has 0 unspecified atom stereocenters. The zero-order valence-corrected chi connectivity index (χ0v) is 12.1. The highest BCUT2D eigenvalue weighted by atomic mass is 32.2. The number of carbonyl (C=O) groups excluding carboxylic acids is 1. The fourth-order valence-corrected chi connectivity index (χ4v) is 2.48. The number of amides is 1. The van der Waals surface area contributed by atoms with E-state index in [4.69, 9.17) is 0 Å². The third kappa shape index (κ3) is 4.06. The summed E-state index contributed by atoms with van der Waals surface area (Å²) in [6.07, 6.45) is 2.94. The molecule has 6 nitrogen and oxygen atoms in total. The van der Waals surface area contributed by atoms with Crippen LogP contribution >= 0.6 is 0 Å². The van der Waals surface area contributed by atoms with Crippen LogP contribution in [0.1, 0.15) is 23.2 Å². The van der Waals surface area contributed by atoms with E-state index >= 15 is 0 Å². The van der Waals surface area contributed by atoms with E-state index in [0.717, 1.165) is 19.1 Å². The van der Waals surface area contributed by atoms with E-state index in [2.05, 4.69) is 9.71 Å². The summed E-state index contributed by atoms with van der Waals surface area (Å²) in [7, 11) is -3.56. The van der Waals surface area contributed by atoms with Gasteiger partial charge in [-0.25, -0.2) is 8.42 Å². The van der Waals surface area contributed by atoms with Gasteiger partial charge >= 0.3 is 0 Å². The van der Waals surface area contributed by atoms with E-state index in [0.29, 0.717) is 18.7 Å². The van der Waals surface area contributed by atoms with Crippen molar-refractivity contribution in [3.8, 4) is 0 Å². The minimum Gasteiger partial charge on any atom is -0.342 e. The van der Waals surface area contributed by atoms with Crippen LogP contribution in [-0.4, -0.2) is 44.5 Å². The first-order valence-corrected chi connectivity index (χ1v) is 8.22. The lowest BCUT2D eigenvalue weighted by atomic mass is 10.2. The van der Waals surface area contributed by atoms with Crippen molar-refractivity contribution in [1.82, 2.24) is 10.2 Å². The zero-order chi connectivity index (χ0) is 14.6. The smallest absolute Gasteiger partial charge is 0.257 e. The highest BCUT2D eigenvalue weighted by Gasteiger charge is 2.20. The Balaban J connectivity index is 2.20. The number of benzene rings is 1. The van der Waals surface area contributed by atoms with Gasteiger partial charge in [-0.05, 0) is 25.0 Å². The van der Waals surface area contributed by atoms with Gasteiger partial charge in [0.25, 0.3) is 15.9 Å². The van der Waals surface area contributed by atoms with Crippen molar-refractivity contribution in [2.45, 2.75) is 12.8 Å². The van der Waals surface area contributed by atoms with Crippen molar-refractivity contribution in [2.75, 3.05) is 19.3 Å².